The molecule has 2 saturated heterocycles. The number of rotatable bonds is 4. The largest absolute Gasteiger partial charge is 0.361 e. The van der Waals surface area contributed by atoms with Gasteiger partial charge in [0, 0.05) is 43.2 Å². The number of nitrogens with one attached hydrogen (secondary N) is 2. The normalized spacial score (nSPS) is 26.3. The lowest BCUT2D eigenvalue weighted by Gasteiger charge is -2.20. The summed E-state index contributed by atoms with van der Waals surface area (Å²) in [5.41, 5.74) is 1.52. The third-order valence-electron chi connectivity index (χ3n) is 5.67. The molecule has 0 radical (unpaired) electrons. The highest BCUT2D eigenvalue weighted by molar-refractivity contribution is 7.92. The predicted molar refractivity (Wildman–Crippen MR) is 101 cm³/mol. The van der Waals surface area contributed by atoms with Crippen molar-refractivity contribution in [3.05, 3.63) is 51.3 Å². The molecule has 3 atom stereocenters. The van der Waals surface area contributed by atoms with Gasteiger partial charge >= 0.3 is 0 Å². The first kappa shape index (κ1) is 18.9. The number of pyridine rings is 1. The molecule has 0 saturated carbocycles. The Bertz CT molecular complexity index is 1050. The number of carbonyl (C=O) groups is 1. The van der Waals surface area contributed by atoms with E-state index in [-0.39, 0.29) is 22.9 Å². The average molecular weight is 406 g/mol. The highest BCUT2D eigenvalue weighted by Crippen LogP contribution is 2.35. The minimum absolute atomic E-state index is 0.0791. The Morgan fingerprint density at radius 2 is 2.14 bits per heavy atom. The van der Waals surface area contributed by atoms with Gasteiger partial charge in [-0.2, -0.15) is 0 Å². The maximum atomic E-state index is 12.6. The van der Waals surface area contributed by atoms with Crippen LogP contribution in [-0.4, -0.2) is 59.5 Å². The zero-order valence-electron chi connectivity index (χ0n) is 15.6. The molecule has 2 aromatic heterocycles. The summed E-state index contributed by atoms with van der Waals surface area (Å²) in [4.78, 5) is 28.4. The van der Waals surface area contributed by atoms with E-state index in [2.05, 4.69) is 20.4 Å². The summed E-state index contributed by atoms with van der Waals surface area (Å²) < 4.78 is 30.5. The quantitative estimate of drug-likeness (QED) is 0.732. The lowest BCUT2D eigenvalue weighted by molar-refractivity contribution is 0.0925. The molecule has 1 amide bonds. The zero-order valence-corrected chi connectivity index (χ0v) is 16.5. The van der Waals surface area contributed by atoms with Crippen molar-refractivity contribution in [2.45, 2.75) is 31.7 Å². The maximum absolute atomic E-state index is 12.6. The highest BCUT2D eigenvalue weighted by atomic mass is 32.2. The lowest BCUT2D eigenvalue weighted by Crippen LogP contribution is -2.42. The van der Waals surface area contributed by atoms with Gasteiger partial charge < -0.3 is 14.8 Å². The van der Waals surface area contributed by atoms with Crippen molar-refractivity contribution in [1.82, 2.24) is 20.4 Å². The van der Waals surface area contributed by atoms with Crippen molar-refractivity contribution in [2.24, 2.45) is 5.92 Å². The van der Waals surface area contributed by atoms with Crippen molar-refractivity contribution in [1.29, 1.82) is 0 Å². The van der Waals surface area contributed by atoms with Gasteiger partial charge in [-0.25, -0.2) is 8.42 Å². The number of aromatic nitrogens is 2. The van der Waals surface area contributed by atoms with E-state index in [1.165, 1.54) is 18.2 Å². The number of hydrogen-bond acceptors (Lipinski definition) is 7. The summed E-state index contributed by atoms with van der Waals surface area (Å²) in [5, 5.41) is 6.25. The Labute approximate surface area is 162 Å². The first-order valence-corrected chi connectivity index (χ1v) is 10.8. The van der Waals surface area contributed by atoms with Gasteiger partial charge in [0.1, 0.15) is 11.5 Å². The van der Waals surface area contributed by atoms with Gasteiger partial charge in [0.15, 0.2) is 9.84 Å². The lowest BCUT2D eigenvalue weighted by atomic mass is 10.0. The second-order valence-corrected chi connectivity index (χ2v) is 9.80. The summed E-state index contributed by atoms with van der Waals surface area (Å²) in [6.07, 6.45) is 0. The van der Waals surface area contributed by atoms with Crippen LogP contribution in [0, 0.1) is 19.8 Å². The molecule has 2 N–H and O–H groups in total. The highest BCUT2D eigenvalue weighted by Gasteiger charge is 2.52. The van der Waals surface area contributed by atoms with Crippen LogP contribution in [0.15, 0.2) is 27.5 Å². The van der Waals surface area contributed by atoms with E-state index >= 15 is 0 Å². The molecule has 0 unspecified atom stereocenters. The smallest absolute Gasteiger partial charge is 0.268 e. The standard InChI is InChI=1S/C18H22N4O5S/c1-10-12(11(2)27-21-10)6-22-7-13-15(9-28(25,26)16(13)8-22)20-18(24)14-4-3-5-17(23)19-14/h3-5,13,15-16H,6-9H2,1-2H3,(H,19,23)(H,20,24)/t13-,15+,16-/m0/s1. The number of hydrogen-bond donors (Lipinski definition) is 2. The number of likely N-dealkylation sites (tertiary alicyclic amines) is 1. The number of nitrogens with zero attached hydrogens (tertiary/aromatic N) is 2. The van der Waals surface area contributed by atoms with E-state index in [1.54, 1.807) is 0 Å². The Balaban J connectivity index is 1.50. The van der Waals surface area contributed by atoms with Crippen molar-refractivity contribution in [3.63, 3.8) is 0 Å². The van der Waals surface area contributed by atoms with Gasteiger partial charge in [-0.1, -0.05) is 11.2 Å². The van der Waals surface area contributed by atoms with Crippen LogP contribution in [0.25, 0.3) is 0 Å². The third kappa shape index (κ3) is 3.37. The molecule has 10 heteroatoms. The Hall–Kier alpha value is -2.46. The molecule has 2 aliphatic rings. The van der Waals surface area contributed by atoms with Crippen molar-refractivity contribution in [2.75, 3.05) is 18.8 Å². The van der Waals surface area contributed by atoms with Crippen molar-refractivity contribution >= 4 is 15.7 Å². The number of carbonyl (C=O) groups excluding carboxylic acids is 1. The summed E-state index contributed by atoms with van der Waals surface area (Å²) in [6, 6.07) is 3.82. The molecule has 2 aromatic rings. The SMILES string of the molecule is Cc1noc(C)c1CN1C[C@H]2[C@H](NC(=O)c3cccc(=O)[nH]3)CS(=O)(=O)[C@H]2C1. The molecule has 4 heterocycles. The molecule has 28 heavy (non-hydrogen) atoms. The molecule has 4 rings (SSSR count). The second kappa shape index (κ2) is 6.85. The molecule has 2 fully saturated rings. The summed E-state index contributed by atoms with van der Waals surface area (Å²) in [7, 11) is -3.31. The minimum Gasteiger partial charge on any atom is -0.361 e. The summed E-state index contributed by atoms with van der Waals surface area (Å²) in [5.74, 6) is -0.00695. The van der Waals surface area contributed by atoms with E-state index in [0.29, 0.717) is 19.6 Å². The molecule has 150 valence electrons. The summed E-state index contributed by atoms with van der Waals surface area (Å²) in [6.45, 7) is 5.25. The van der Waals surface area contributed by atoms with Crippen LogP contribution < -0.4 is 10.9 Å². The fourth-order valence-electron chi connectivity index (χ4n) is 4.20. The van der Waals surface area contributed by atoms with Crippen LogP contribution in [0.5, 0.6) is 0 Å². The van der Waals surface area contributed by atoms with Gasteiger partial charge in [0.05, 0.1) is 16.7 Å². The molecule has 0 aliphatic carbocycles. The maximum Gasteiger partial charge on any atom is 0.268 e. The van der Waals surface area contributed by atoms with Crippen LogP contribution >= 0.6 is 0 Å². The average Bonchev–Trinajstić information content (AvgIpc) is 3.26. The van der Waals surface area contributed by atoms with E-state index < -0.39 is 27.0 Å². The number of amides is 1. The van der Waals surface area contributed by atoms with Gasteiger partial charge in [-0.3, -0.25) is 14.5 Å². The first-order chi connectivity index (χ1) is 13.2. The van der Waals surface area contributed by atoms with E-state index in [1.807, 2.05) is 13.8 Å². The van der Waals surface area contributed by atoms with E-state index in [0.717, 1.165) is 17.0 Å². The Kier molecular flexibility index (Phi) is 4.62. The molecule has 0 bridgehead atoms. The van der Waals surface area contributed by atoms with Crippen LogP contribution in [0.2, 0.25) is 0 Å². The van der Waals surface area contributed by atoms with Gasteiger partial charge in [-0.15, -0.1) is 0 Å². The van der Waals surface area contributed by atoms with E-state index in [9.17, 15) is 18.0 Å². The fourth-order valence-corrected chi connectivity index (χ4v) is 6.52. The van der Waals surface area contributed by atoms with Crippen LogP contribution in [0.4, 0.5) is 0 Å². The monoisotopic (exact) mass is 406 g/mol. The first-order valence-electron chi connectivity index (χ1n) is 9.10. The topological polar surface area (TPSA) is 125 Å². The van der Waals surface area contributed by atoms with Crippen LogP contribution in [-0.2, 0) is 16.4 Å². The zero-order chi connectivity index (χ0) is 20.1. The Morgan fingerprint density at radius 1 is 1.36 bits per heavy atom. The van der Waals surface area contributed by atoms with Crippen molar-refractivity contribution in [3.8, 4) is 0 Å². The third-order valence-corrected chi connectivity index (χ3v) is 7.91. The number of H-pyrrole nitrogens is 1. The van der Waals surface area contributed by atoms with E-state index in [4.69, 9.17) is 4.52 Å². The van der Waals surface area contributed by atoms with Gasteiger partial charge in [0.2, 0.25) is 5.56 Å². The van der Waals surface area contributed by atoms with Crippen LogP contribution in [0.1, 0.15) is 27.5 Å². The Morgan fingerprint density at radius 3 is 2.82 bits per heavy atom. The van der Waals surface area contributed by atoms with Gasteiger partial charge in [-0.05, 0) is 19.9 Å². The predicted octanol–water partition coefficient (Wildman–Crippen LogP) is 0.00714. The number of fused-ring (bicyclic) bond motifs is 1. The molecular formula is C18H22N4O5S. The molecule has 9 nitrogen and oxygen atoms in total. The number of aryl methyl sites for hydroxylation is 2. The number of sulfone groups is 1. The molecule has 0 spiro atoms. The second-order valence-electron chi connectivity index (χ2n) is 7.54. The molecular weight excluding hydrogens is 384 g/mol. The fraction of sp³-hybridized carbons (Fsp3) is 0.500. The minimum atomic E-state index is -3.31. The number of aromatic amines is 1. The molecule has 2 aliphatic heterocycles. The van der Waals surface area contributed by atoms with Crippen molar-refractivity contribution < 1.29 is 17.7 Å². The molecule has 0 aromatic carbocycles. The van der Waals surface area contributed by atoms with Crippen LogP contribution in [0.3, 0.4) is 0 Å². The van der Waals surface area contributed by atoms with Gasteiger partial charge in [0.25, 0.3) is 5.91 Å². The summed E-state index contributed by atoms with van der Waals surface area (Å²) >= 11 is 0.